The topological polar surface area (TPSA) is 42.7 Å². The van der Waals surface area contributed by atoms with Crippen LogP contribution in [-0.4, -0.2) is 14.8 Å². The second-order valence-electron chi connectivity index (χ2n) is 3.91. The summed E-state index contributed by atoms with van der Waals surface area (Å²) in [5, 5.41) is 11.4. The summed E-state index contributed by atoms with van der Waals surface area (Å²) >= 11 is 5.78. The molecule has 1 aromatic heterocycles. The molecule has 0 bridgehead atoms. The first-order valence-corrected chi connectivity index (χ1v) is 6.09. The molecule has 0 aliphatic carbocycles. The highest BCUT2D eigenvalue weighted by molar-refractivity contribution is 6.30. The molecule has 2 aromatic rings. The van der Waals surface area contributed by atoms with E-state index in [4.69, 9.17) is 11.6 Å². The van der Waals surface area contributed by atoms with Gasteiger partial charge in [0.1, 0.15) is 18.0 Å². The lowest BCUT2D eigenvalue weighted by atomic mass is 10.2. The number of rotatable bonds is 5. The first-order chi connectivity index (χ1) is 8.69. The van der Waals surface area contributed by atoms with Crippen LogP contribution in [0.3, 0.4) is 0 Å². The van der Waals surface area contributed by atoms with Crippen LogP contribution in [0.5, 0.6) is 0 Å². The second-order valence-corrected chi connectivity index (χ2v) is 4.35. The minimum Gasteiger partial charge on any atom is -0.317 e. The van der Waals surface area contributed by atoms with Crippen molar-refractivity contribution in [3.05, 3.63) is 46.8 Å². The molecule has 4 nitrogen and oxygen atoms in total. The standard InChI is InChI=1S/C12H14ClFN4/c1-2-18-8-16-17-12(18)7-15-6-9-3-10(13)5-11(14)4-9/h3-5,8,15H,2,6-7H2,1H3. The summed E-state index contributed by atoms with van der Waals surface area (Å²) in [6.07, 6.45) is 1.69. The third kappa shape index (κ3) is 3.27. The Hall–Kier alpha value is -1.46. The number of halogens is 2. The summed E-state index contributed by atoms with van der Waals surface area (Å²) in [4.78, 5) is 0. The summed E-state index contributed by atoms with van der Waals surface area (Å²) in [5.41, 5.74) is 0.808. The van der Waals surface area contributed by atoms with Crippen LogP contribution in [0.15, 0.2) is 24.5 Å². The molecule has 0 saturated carbocycles. The van der Waals surface area contributed by atoms with E-state index in [1.54, 1.807) is 12.4 Å². The molecule has 0 spiro atoms. The molecule has 0 saturated heterocycles. The van der Waals surface area contributed by atoms with Gasteiger partial charge in [-0.3, -0.25) is 0 Å². The molecule has 1 N–H and O–H groups in total. The highest BCUT2D eigenvalue weighted by Gasteiger charge is 2.03. The van der Waals surface area contributed by atoms with Gasteiger partial charge >= 0.3 is 0 Å². The average molecular weight is 269 g/mol. The van der Waals surface area contributed by atoms with Crippen molar-refractivity contribution in [2.75, 3.05) is 0 Å². The number of aromatic nitrogens is 3. The van der Waals surface area contributed by atoms with Crippen molar-refractivity contribution in [2.24, 2.45) is 0 Å². The van der Waals surface area contributed by atoms with E-state index in [0.29, 0.717) is 18.1 Å². The van der Waals surface area contributed by atoms with Crippen LogP contribution in [0.1, 0.15) is 18.3 Å². The Morgan fingerprint density at radius 3 is 2.89 bits per heavy atom. The Bertz CT molecular complexity index is 506. The Kier molecular flexibility index (Phi) is 4.28. The van der Waals surface area contributed by atoms with Gasteiger partial charge in [0.15, 0.2) is 0 Å². The van der Waals surface area contributed by atoms with E-state index >= 15 is 0 Å². The van der Waals surface area contributed by atoms with Crippen LogP contribution in [0.4, 0.5) is 4.39 Å². The maximum atomic E-state index is 13.1. The summed E-state index contributed by atoms with van der Waals surface area (Å²) in [6.45, 7) is 3.98. The molecule has 0 unspecified atom stereocenters. The van der Waals surface area contributed by atoms with Crippen LogP contribution in [0, 0.1) is 5.82 Å². The van der Waals surface area contributed by atoms with E-state index in [1.165, 1.54) is 12.1 Å². The highest BCUT2D eigenvalue weighted by atomic mass is 35.5. The Labute approximate surface area is 110 Å². The predicted octanol–water partition coefficient (Wildman–Crippen LogP) is 2.38. The third-order valence-corrected chi connectivity index (χ3v) is 2.79. The second kappa shape index (κ2) is 5.93. The molecule has 18 heavy (non-hydrogen) atoms. The SMILES string of the molecule is CCn1cnnc1CNCc1cc(F)cc(Cl)c1. The molecule has 0 radical (unpaired) electrons. The minimum atomic E-state index is -0.323. The van der Waals surface area contributed by atoms with Crippen LogP contribution >= 0.6 is 11.6 Å². The zero-order valence-corrected chi connectivity index (χ0v) is 10.8. The molecule has 2 rings (SSSR count). The van der Waals surface area contributed by atoms with Gasteiger partial charge in [-0.2, -0.15) is 0 Å². The molecule has 0 atom stereocenters. The Morgan fingerprint density at radius 1 is 1.33 bits per heavy atom. The van der Waals surface area contributed by atoms with Gasteiger partial charge in [-0.1, -0.05) is 11.6 Å². The van der Waals surface area contributed by atoms with E-state index in [-0.39, 0.29) is 5.82 Å². The van der Waals surface area contributed by atoms with Gasteiger partial charge in [0, 0.05) is 18.1 Å². The Morgan fingerprint density at radius 2 is 2.17 bits per heavy atom. The molecule has 0 amide bonds. The molecule has 0 fully saturated rings. The molecule has 1 aromatic carbocycles. The first kappa shape index (κ1) is 13.0. The largest absolute Gasteiger partial charge is 0.317 e. The van der Waals surface area contributed by atoms with Crippen LogP contribution < -0.4 is 5.32 Å². The minimum absolute atomic E-state index is 0.323. The third-order valence-electron chi connectivity index (χ3n) is 2.57. The number of benzene rings is 1. The van der Waals surface area contributed by atoms with Crippen molar-refractivity contribution in [1.29, 1.82) is 0 Å². The molecule has 6 heteroatoms. The summed E-state index contributed by atoms with van der Waals surface area (Å²) in [6, 6.07) is 4.49. The molecular formula is C12H14ClFN4. The van der Waals surface area contributed by atoms with Crippen molar-refractivity contribution >= 4 is 11.6 Å². The average Bonchev–Trinajstić information content (AvgIpc) is 2.75. The van der Waals surface area contributed by atoms with Crippen LogP contribution in [0.25, 0.3) is 0 Å². The zero-order valence-electron chi connectivity index (χ0n) is 10.0. The summed E-state index contributed by atoms with van der Waals surface area (Å²) in [7, 11) is 0. The van der Waals surface area contributed by atoms with E-state index in [0.717, 1.165) is 17.9 Å². The zero-order chi connectivity index (χ0) is 13.0. The maximum absolute atomic E-state index is 13.1. The van der Waals surface area contributed by atoms with Crippen LogP contribution in [-0.2, 0) is 19.6 Å². The number of nitrogens with zero attached hydrogens (tertiary/aromatic N) is 3. The normalized spacial score (nSPS) is 10.8. The van der Waals surface area contributed by atoms with Gasteiger partial charge in [0.2, 0.25) is 0 Å². The highest BCUT2D eigenvalue weighted by Crippen LogP contribution is 2.13. The van der Waals surface area contributed by atoms with Crippen LogP contribution in [0.2, 0.25) is 5.02 Å². The fourth-order valence-electron chi connectivity index (χ4n) is 1.71. The lowest BCUT2D eigenvalue weighted by molar-refractivity contribution is 0.602. The van der Waals surface area contributed by atoms with Crippen molar-refractivity contribution < 1.29 is 4.39 Å². The lowest BCUT2D eigenvalue weighted by Gasteiger charge is -2.06. The smallest absolute Gasteiger partial charge is 0.146 e. The van der Waals surface area contributed by atoms with E-state index in [2.05, 4.69) is 15.5 Å². The lowest BCUT2D eigenvalue weighted by Crippen LogP contribution is -2.16. The number of hydrogen-bond donors (Lipinski definition) is 1. The summed E-state index contributed by atoms with van der Waals surface area (Å²) in [5.74, 6) is 0.538. The van der Waals surface area contributed by atoms with Crippen molar-refractivity contribution in [3.8, 4) is 0 Å². The maximum Gasteiger partial charge on any atom is 0.146 e. The van der Waals surface area contributed by atoms with Gasteiger partial charge in [-0.25, -0.2) is 4.39 Å². The quantitative estimate of drug-likeness (QED) is 0.905. The van der Waals surface area contributed by atoms with E-state index in [1.807, 2.05) is 11.5 Å². The number of hydrogen-bond acceptors (Lipinski definition) is 3. The molecule has 0 aliphatic rings. The first-order valence-electron chi connectivity index (χ1n) is 5.71. The van der Waals surface area contributed by atoms with Gasteiger partial charge in [0.05, 0.1) is 6.54 Å². The monoisotopic (exact) mass is 268 g/mol. The molecular weight excluding hydrogens is 255 g/mol. The number of nitrogens with one attached hydrogen (secondary N) is 1. The Balaban J connectivity index is 1.92. The molecule has 0 aliphatic heterocycles. The fourth-order valence-corrected chi connectivity index (χ4v) is 1.96. The molecule has 1 heterocycles. The van der Waals surface area contributed by atoms with Crippen molar-refractivity contribution in [3.63, 3.8) is 0 Å². The van der Waals surface area contributed by atoms with E-state index in [9.17, 15) is 4.39 Å². The van der Waals surface area contributed by atoms with Gasteiger partial charge in [-0.15, -0.1) is 10.2 Å². The number of aryl methyl sites for hydroxylation is 1. The van der Waals surface area contributed by atoms with Gasteiger partial charge in [-0.05, 0) is 30.7 Å². The van der Waals surface area contributed by atoms with Gasteiger partial charge in [0.25, 0.3) is 0 Å². The fraction of sp³-hybridized carbons (Fsp3) is 0.333. The van der Waals surface area contributed by atoms with Gasteiger partial charge < -0.3 is 9.88 Å². The van der Waals surface area contributed by atoms with Crippen molar-refractivity contribution in [2.45, 2.75) is 26.6 Å². The van der Waals surface area contributed by atoms with Crippen molar-refractivity contribution in [1.82, 2.24) is 20.1 Å². The summed E-state index contributed by atoms with van der Waals surface area (Å²) < 4.78 is 15.1. The predicted molar refractivity (Wildman–Crippen MR) is 67.6 cm³/mol. The van der Waals surface area contributed by atoms with E-state index < -0.39 is 0 Å². The molecule has 96 valence electrons.